The summed E-state index contributed by atoms with van der Waals surface area (Å²) in [7, 11) is 0. The number of nitrogens with one attached hydrogen (secondary N) is 1. The number of anilines is 3. The zero-order valence-electron chi connectivity index (χ0n) is 15.5. The van der Waals surface area contributed by atoms with Crippen LogP contribution in [0.25, 0.3) is 10.9 Å². The predicted molar refractivity (Wildman–Crippen MR) is 106 cm³/mol. The van der Waals surface area contributed by atoms with Crippen molar-refractivity contribution in [2.24, 2.45) is 5.92 Å². The molecule has 3 aromatic rings. The minimum Gasteiger partial charge on any atom is -0.488 e. The molecule has 2 aromatic carbocycles. The summed E-state index contributed by atoms with van der Waals surface area (Å²) >= 11 is 0. The standard InChI is InChI=1S/C21H23FN4O/c1-12-3-5-16(7-12)27-19-9-14(22)4-6-17(19)26-21-20-13(2)8-15(23)10-18(20)24-11-25-21/h4,6,8-12,16H,3,5,7,23H2,1-2H3,(H,24,25,26). The summed E-state index contributed by atoms with van der Waals surface area (Å²) in [6, 6.07) is 8.24. The molecule has 0 spiro atoms. The molecule has 1 aliphatic rings. The first kappa shape index (κ1) is 17.5. The minimum absolute atomic E-state index is 0.117. The Balaban J connectivity index is 1.70. The number of hydrogen-bond donors (Lipinski definition) is 2. The molecule has 4 rings (SSSR count). The molecule has 3 N–H and O–H groups in total. The molecule has 140 valence electrons. The normalized spacial score (nSPS) is 19.4. The number of nitrogens with two attached hydrogens (primary N) is 1. The summed E-state index contributed by atoms with van der Waals surface area (Å²) < 4.78 is 20.0. The van der Waals surface area contributed by atoms with Crippen molar-refractivity contribution in [3.8, 4) is 5.75 Å². The maximum atomic E-state index is 13.9. The monoisotopic (exact) mass is 366 g/mol. The molecule has 27 heavy (non-hydrogen) atoms. The Kier molecular flexibility index (Phi) is 4.56. The highest BCUT2D eigenvalue weighted by Crippen LogP contribution is 2.35. The van der Waals surface area contributed by atoms with E-state index in [1.54, 1.807) is 6.07 Å². The Labute approximate surface area is 157 Å². The number of nitrogen functional groups attached to an aromatic ring is 1. The number of rotatable bonds is 4. The Morgan fingerprint density at radius 3 is 2.81 bits per heavy atom. The summed E-state index contributed by atoms with van der Waals surface area (Å²) in [5.74, 6) is 1.47. The molecule has 0 amide bonds. The topological polar surface area (TPSA) is 73.1 Å². The first-order valence-electron chi connectivity index (χ1n) is 9.23. The summed E-state index contributed by atoms with van der Waals surface area (Å²) in [6.45, 7) is 4.19. The SMILES string of the molecule is Cc1cc(N)cc2ncnc(Nc3ccc(F)cc3OC3CCC(C)C3)c12. The van der Waals surface area contributed by atoms with Gasteiger partial charge in [-0.3, -0.25) is 0 Å². The molecule has 0 radical (unpaired) electrons. The molecule has 2 unspecified atom stereocenters. The molecule has 0 saturated heterocycles. The molecule has 5 nitrogen and oxygen atoms in total. The van der Waals surface area contributed by atoms with E-state index in [-0.39, 0.29) is 11.9 Å². The fourth-order valence-electron chi connectivity index (χ4n) is 3.78. The second kappa shape index (κ2) is 7.02. The van der Waals surface area contributed by atoms with Crippen LogP contribution in [-0.2, 0) is 0 Å². The van der Waals surface area contributed by atoms with E-state index in [0.29, 0.717) is 28.9 Å². The van der Waals surface area contributed by atoms with Crippen molar-refractivity contribution in [1.29, 1.82) is 0 Å². The van der Waals surface area contributed by atoms with Gasteiger partial charge in [0, 0.05) is 17.1 Å². The quantitative estimate of drug-likeness (QED) is 0.638. The van der Waals surface area contributed by atoms with Crippen LogP contribution < -0.4 is 15.8 Å². The van der Waals surface area contributed by atoms with Gasteiger partial charge >= 0.3 is 0 Å². The first-order valence-corrected chi connectivity index (χ1v) is 9.23. The van der Waals surface area contributed by atoms with Crippen LogP contribution in [0.3, 0.4) is 0 Å². The number of aryl methyl sites for hydroxylation is 1. The van der Waals surface area contributed by atoms with Gasteiger partial charge in [0.25, 0.3) is 0 Å². The summed E-state index contributed by atoms with van der Waals surface area (Å²) in [5.41, 5.74) is 9.01. The lowest BCUT2D eigenvalue weighted by Gasteiger charge is -2.18. The second-order valence-electron chi connectivity index (χ2n) is 7.38. The van der Waals surface area contributed by atoms with Crippen molar-refractivity contribution in [3.05, 3.63) is 48.0 Å². The number of nitrogens with zero attached hydrogens (tertiary/aromatic N) is 2. The van der Waals surface area contributed by atoms with Gasteiger partial charge in [-0.2, -0.15) is 0 Å². The van der Waals surface area contributed by atoms with Crippen molar-refractivity contribution in [2.45, 2.75) is 39.2 Å². The summed E-state index contributed by atoms with van der Waals surface area (Å²) in [6.07, 6.45) is 4.73. The van der Waals surface area contributed by atoms with Gasteiger partial charge < -0.3 is 15.8 Å². The van der Waals surface area contributed by atoms with Crippen LogP contribution in [0.4, 0.5) is 21.6 Å². The third-order valence-corrected chi connectivity index (χ3v) is 5.09. The van der Waals surface area contributed by atoms with E-state index >= 15 is 0 Å². The lowest BCUT2D eigenvalue weighted by molar-refractivity contribution is 0.206. The first-order chi connectivity index (χ1) is 13.0. The lowest BCUT2D eigenvalue weighted by Crippen LogP contribution is -2.13. The predicted octanol–water partition coefficient (Wildman–Crippen LogP) is 4.97. The van der Waals surface area contributed by atoms with Crippen LogP contribution in [0, 0.1) is 18.7 Å². The third kappa shape index (κ3) is 3.65. The second-order valence-corrected chi connectivity index (χ2v) is 7.38. The Bertz CT molecular complexity index is 991. The highest BCUT2D eigenvalue weighted by atomic mass is 19.1. The number of halogens is 1. The summed E-state index contributed by atoms with van der Waals surface area (Å²) in [5, 5.41) is 4.19. The van der Waals surface area contributed by atoms with Gasteiger partial charge in [-0.05, 0) is 61.9 Å². The highest BCUT2D eigenvalue weighted by Gasteiger charge is 2.24. The fourth-order valence-corrected chi connectivity index (χ4v) is 3.78. The smallest absolute Gasteiger partial charge is 0.146 e. The number of hydrogen-bond acceptors (Lipinski definition) is 5. The van der Waals surface area contributed by atoms with Crippen LogP contribution in [0.15, 0.2) is 36.7 Å². The van der Waals surface area contributed by atoms with Crippen molar-refractivity contribution in [2.75, 3.05) is 11.1 Å². The number of benzene rings is 2. The van der Waals surface area contributed by atoms with Gasteiger partial charge in [-0.25, -0.2) is 14.4 Å². The maximum Gasteiger partial charge on any atom is 0.146 e. The van der Waals surface area contributed by atoms with E-state index in [0.717, 1.165) is 35.7 Å². The molecule has 6 heteroatoms. The Morgan fingerprint density at radius 1 is 1.19 bits per heavy atom. The Morgan fingerprint density at radius 2 is 2.04 bits per heavy atom. The summed E-state index contributed by atoms with van der Waals surface area (Å²) in [4.78, 5) is 8.70. The molecule has 1 fully saturated rings. The zero-order valence-corrected chi connectivity index (χ0v) is 15.5. The van der Waals surface area contributed by atoms with Gasteiger partial charge in [-0.15, -0.1) is 0 Å². The van der Waals surface area contributed by atoms with E-state index in [4.69, 9.17) is 10.5 Å². The molecular weight excluding hydrogens is 343 g/mol. The highest BCUT2D eigenvalue weighted by molar-refractivity contribution is 5.95. The van der Waals surface area contributed by atoms with Crippen molar-refractivity contribution in [3.63, 3.8) is 0 Å². The average molecular weight is 366 g/mol. The van der Waals surface area contributed by atoms with Gasteiger partial charge in [0.15, 0.2) is 0 Å². The third-order valence-electron chi connectivity index (χ3n) is 5.09. The van der Waals surface area contributed by atoms with Crippen molar-refractivity contribution in [1.82, 2.24) is 9.97 Å². The van der Waals surface area contributed by atoms with Gasteiger partial charge in [0.1, 0.15) is 23.7 Å². The molecular formula is C21H23FN4O. The van der Waals surface area contributed by atoms with Crippen molar-refractivity contribution < 1.29 is 9.13 Å². The molecule has 2 atom stereocenters. The molecule has 1 aromatic heterocycles. The van der Waals surface area contributed by atoms with Gasteiger partial charge in [0.2, 0.25) is 0 Å². The minimum atomic E-state index is -0.321. The molecule has 0 bridgehead atoms. The van der Waals surface area contributed by atoms with E-state index in [1.807, 2.05) is 19.1 Å². The lowest BCUT2D eigenvalue weighted by atomic mass is 10.1. The van der Waals surface area contributed by atoms with Crippen LogP contribution >= 0.6 is 0 Å². The van der Waals surface area contributed by atoms with E-state index in [1.165, 1.54) is 18.5 Å². The van der Waals surface area contributed by atoms with Gasteiger partial charge in [0.05, 0.1) is 17.3 Å². The molecule has 0 aliphatic heterocycles. The van der Waals surface area contributed by atoms with Gasteiger partial charge in [-0.1, -0.05) is 6.92 Å². The fraction of sp³-hybridized carbons (Fsp3) is 0.333. The van der Waals surface area contributed by atoms with Crippen LogP contribution in [-0.4, -0.2) is 16.1 Å². The number of aromatic nitrogens is 2. The molecule has 1 heterocycles. The number of ether oxygens (including phenoxy) is 1. The van der Waals surface area contributed by atoms with E-state index in [2.05, 4.69) is 22.2 Å². The zero-order chi connectivity index (χ0) is 19.0. The molecule has 1 saturated carbocycles. The largest absolute Gasteiger partial charge is 0.488 e. The number of fused-ring (bicyclic) bond motifs is 1. The maximum absolute atomic E-state index is 13.9. The average Bonchev–Trinajstić information content (AvgIpc) is 3.02. The van der Waals surface area contributed by atoms with Crippen LogP contribution in [0.2, 0.25) is 0 Å². The van der Waals surface area contributed by atoms with E-state index < -0.39 is 0 Å². The van der Waals surface area contributed by atoms with Crippen LogP contribution in [0.1, 0.15) is 31.7 Å². The molecule has 1 aliphatic carbocycles. The van der Waals surface area contributed by atoms with Crippen molar-refractivity contribution >= 4 is 28.1 Å². The van der Waals surface area contributed by atoms with E-state index in [9.17, 15) is 4.39 Å². The van der Waals surface area contributed by atoms with Crippen LogP contribution in [0.5, 0.6) is 5.75 Å². The Hall–Kier alpha value is -2.89.